The Kier molecular flexibility index (Phi) is 8.03. The minimum absolute atomic E-state index is 0.108. The summed E-state index contributed by atoms with van der Waals surface area (Å²) in [6, 6.07) is 71.5. The van der Waals surface area contributed by atoms with Gasteiger partial charge in [0.05, 0.1) is 16.7 Å². The summed E-state index contributed by atoms with van der Waals surface area (Å²) in [6.45, 7) is 2.45. The average molecular weight is 731 g/mol. The quantitative estimate of drug-likeness (QED) is 0.158. The van der Waals surface area contributed by atoms with Crippen LogP contribution in [0.5, 0.6) is 0 Å². The Morgan fingerprint density at radius 3 is 2.07 bits per heavy atom. The average Bonchev–Trinajstić information content (AvgIpc) is 3.80. The monoisotopic (exact) mass is 730 g/mol. The topological polar surface area (TPSA) is 8.17 Å². The highest BCUT2D eigenvalue weighted by molar-refractivity contribution is 6.10. The normalized spacial score (nSPS) is 15.9. The summed E-state index contributed by atoms with van der Waals surface area (Å²) >= 11 is 0. The van der Waals surface area contributed by atoms with E-state index in [2.05, 4.69) is 223 Å². The molecule has 57 heavy (non-hydrogen) atoms. The van der Waals surface area contributed by atoms with Crippen molar-refractivity contribution >= 4 is 44.0 Å². The van der Waals surface area contributed by atoms with Crippen LogP contribution in [0.2, 0.25) is 0 Å². The molecule has 0 N–H and O–H groups in total. The zero-order chi connectivity index (χ0) is 37.9. The molecule has 3 atom stereocenters. The van der Waals surface area contributed by atoms with Gasteiger partial charge in [-0.2, -0.15) is 0 Å². The van der Waals surface area contributed by atoms with Crippen LogP contribution in [-0.4, -0.2) is 4.57 Å². The molecule has 2 unspecified atom stereocenters. The van der Waals surface area contributed by atoms with Gasteiger partial charge in [-0.05, 0) is 99.0 Å². The minimum atomic E-state index is 0.108. The van der Waals surface area contributed by atoms with Crippen molar-refractivity contribution in [2.75, 3.05) is 4.90 Å². The van der Waals surface area contributed by atoms with Gasteiger partial charge in [0.1, 0.15) is 0 Å². The van der Waals surface area contributed by atoms with Gasteiger partial charge >= 0.3 is 0 Å². The van der Waals surface area contributed by atoms with Gasteiger partial charge in [-0.25, -0.2) is 0 Å². The van der Waals surface area contributed by atoms with E-state index in [0.717, 1.165) is 6.42 Å². The summed E-state index contributed by atoms with van der Waals surface area (Å²) in [4.78, 5) is 2.53. The van der Waals surface area contributed by atoms with E-state index in [1.165, 1.54) is 88.7 Å². The number of anilines is 2. The van der Waals surface area contributed by atoms with Crippen LogP contribution < -0.4 is 4.90 Å². The SMILES string of the molecule is CC(C1=CCC2C(=C1)N(c1ccccc1)c1cc(-c3ccccc3)ccc12)[C@H](c1ccccc1)c1cccc2c3ccccc3n(-c3ccc4ccccc4c3)c12. The number of aromatic nitrogens is 1. The van der Waals surface area contributed by atoms with Gasteiger partial charge in [0.2, 0.25) is 0 Å². The van der Waals surface area contributed by atoms with E-state index in [1.807, 2.05) is 0 Å². The van der Waals surface area contributed by atoms with E-state index in [-0.39, 0.29) is 11.8 Å². The van der Waals surface area contributed by atoms with E-state index in [1.54, 1.807) is 0 Å². The summed E-state index contributed by atoms with van der Waals surface area (Å²) < 4.78 is 2.52. The summed E-state index contributed by atoms with van der Waals surface area (Å²) in [6.07, 6.45) is 6.04. The molecule has 1 aliphatic heterocycles. The van der Waals surface area contributed by atoms with Gasteiger partial charge in [-0.15, -0.1) is 0 Å². The summed E-state index contributed by atoms with van der Waals surface area (Å²) in [5.74, 6) is 0.599. The van der Waals surface area contributed by atoms with Crippen molar-refractivity contribution < 1.29 is 0 Å². The number of benzene rings is 8. The van der Waals surface area contributed by atoms with Gasteiger partial charge in [0.25, 0.3) is 0 Å². The highest BCUT2D eigenvalue weighted by Gasteiger charge is 2.38. The fraction of sp³-hybridized carbons (Fsp3) is 0.0909. The molecule has 11 rings (SSSR count). The molecule has 1 aliphatic carbocycles. The lowest BCUT2D eigenvalue weighted by atomic mass is 9.75. The van der Waals surface area contributed by atoms with Crippen molar-refractivity contribution in [2.24, 2.45) is 5.92 Å². The predicted molar refractivity (Wildman–Crippen MR) is 240 cm³/mol. The molecule has 1 aromatic heterocycles. The van der Waals surface area contributed by atoms with E-state index >= 15 is 0 Å². The van der Waals surface area contributed by atoms with Crippen molar-refractivity contribution in [3.05, 3.63) is 234 Å². The summed E-state index contributed by atoms with van der Waals surface area (Å²) in [5, 5.41) is 5.07. The number of hydrogen-bond donors (Lipinski definition) is 0. The van der Waals surface area contributed by atoms with Crippen molar-refractivity contribution in [1.29, 1.82) is 0 Å². The standard InChI is InChI=1S/C55H42N2/c1-37(41-29-32-47-48-33-30-43(38-16-5-2-6-17-38)36-53(48)56(52(47)35-41)44-22-9-4-10-23-44)54(40-19-7-3-8-20-40)50-26-15-25-49-46-24-13-14-27-51(46)57(55(49)50)45-31-28-39-18-11-12-21-42(39)34-45/h2-31,33-37,47,54H,32H2,1H3/t37?,47?,54-/m1/s1. The molecule has 0 amide bonds. The first-order chi connectivity index (χ1) is 28.2. The predicted octanol–water partition coefficient (Wildman–Crippen LogP) is 14.5. The van der Waals surface area contributed by atoms with Gasteiger partial charge in [0.15, 0.2) is 0 Å². The smallest absolute Gasteiger partial charge is 0.0579 e. The number of para-hydroxylation sites is 3. The van der Waals surface area contributed by atoms with Crippen molar-refractivity contribution in [3.63, 3.8) is 0 Å². The third-order valence-corrected chi connectivity index (χ3v) is 12.5. The highest BCUT2D eigenvalue weighted by Crippen LogP contribution is 2.54. The molecule has 8 aromatic carbocycles. The Hall–Kier alpha value is -6.90. The third kappa shape index (κ3) is 5.55. The van der Waals surface area contributed by atoms with E-state index in [9.17, 15) is 0 Å². The summed E-state index contributed by atoms with van der Waals surface area (Å²) in [5.41, 5.74) is 15.5. The van der Waals surface area contributed by atoms with Crippen LogP contribution in [0.25, 0.3) is 49.4 Å². The van der Waals surface area contributed by atoms with Crippen molar-refractivity contribution in [2.45, 2.75) is 25.2 Å². The Labute approximate surface area is 334 Å². The Balaban J connectivity index is 1.08. The van der Waals surface area contributed by atoms with Gasteiger partial charge < -0.3 is 9.47 Å². The molecule has 0 bridgehead atoms. The fourth-order valence-electron chi connectivity index (χ4n) is 9.85. The van der Waals surface area contributed by atoms with E-state index < -0.39 is 0 Å². The number of nitrogens with zero attached hydrogens (tertiary/aromatic N) is 2. The van der Waals surface area contributed by atoms with Gasteiger partial charge in [-0.1, -0.05) is 171 Å². The van der Waals surface area contributed by atoms with E-state index in [4.69, 9.17) is 0 Å². The number of fused-ring (bicyclic) bond motifs is 7. The first-order valence-electron chi connectivity index (χ1n) is 20.2. The lowest BCUT2D eigenvalue weighted by Crippen LogP contribution is -2.20. The van der Waals surface area contributed by atoms with Crippen LogP contribution in [0.3, 0.4) is 0 Å². The molecule has 0 saturated heterocycles. The highest BCUT2D eigenvalue weighted by atomic mass is 15.2. The number of rotatable bonds is 7. The Bertz CT molecular complexity index is 3010. The fourth-order valence-corrected chi connectivity index (χ4v) is 9.85. The molecular formula is C55H42N2. The molecule has 2 heteroatoms. The third-order valence-electron chi connectivity index (χ3n) is 12.5. The molecule has 2 aliphatic rings. The van der Waals surface area contributed by atoms with Crippen LogP contribution in [0, 0.1) is 5.92 Å². The molecule has 2 heterocycles. The Morgan fingerprint density at radius 2 is 1.25 bits per heavy atom. The van der Waals surface area contributed by atoms with E-state index in [0.29, 0.717) is 5.92 Å². The molecule has 272 valence electrons. The zero-order valence-corrected chi connectivity index (χ0v) is 32.0. The number of hydrogen-bond acceptors (Lipinski definition) is 1. The lowest BCUT2D eigenvalue weighted by Gasteiger charge is -2.32. The van der Waals surface area contributed by atoms with Crippen molar-refractivity contribution in [1.82, 2.24) is 4.57 Å². The maximum absolute atomic E-state index is 2.54. The molecule has 0 spiro atoms. The summed E-state index contributed by atoms with van der Waals surface area (Å²) in [7, 11) is 0. The first-order valence-corrected chi connectivity index (χ1v) is 20.2. The van der Waals surface area contributed by atoms with Crippen LogP contribution in [0.4, 0.5) is 11.4 Å². The molecule has 0 radical (unpaired) electrons. The lowest BCUT2D eigenvalue weighted by molar-refractivity contribution is 0.593. The second kappa shape index (κ2) is 13.7. The molecule has 0 fully saturated rings. The first kappa shape index (κ1) is 33.4. The maximum Gasteiger partial charge on any atom is 0.0579 e. The van der Waals surface area contributed by atoms with Crippen LogP contribution in [-0.2, 0) is 0 Å². The van der Waals surface area contributed by atoms with Crippen LogP contribution in [0.15, 0.2) is 218 Å². The number of allylic oxidation sites excluding steroid dienone is 4. The molecule has 9 aromatic rings. The van der Waals surface area contributed by atoms with Crippen LogP contribution >= 0.6 is 0 Å². The Morgan fingerprint density at radius 1 is 0.544 bits per heavy atom. The van der Waals surface area contributed by atoms with Crippen molar-refractivity contribution in [3.8, 4) is 16.8 Å². The minimum Gasteiger partial charge on any atom is -0.313 e. The van der Waals surface area contributed by atoms with Gasteiger partial charge in [-0.3, -0.25) is 0 Å². The second-order valence-electron chi connectivity index (χ2n) is 15.7. The maximum atomic E-state index is 2.54. The molecule has 2 nitrogen and oxygen atoms in total. The largest absolute Gasteiger partial charge is 0.313 e. The second-order valence-corrected chi connectivity index (χ2v) is 15.7. The molecule has 0 saturated carbocycles. The van der Waals surface area contributed by atoms with Gasteiger partial charge in [0, 0.05) is 39.7 Å². The molecular weight excluding hydrogens is 689 g/mol. The zero-order valence-electron chi connectivity index (χ0n) is 32.0. The van der Waals surface area contributed by atoms with Crippen LogP contribution in [0.1, 0.15) is 41.9 Å².